The zero-order chi connectivity index (χ0) is 9.65. The Morgan fingerprint density at radius 3 is 1.00 bits per heavy atom. The summed E-state index contributed by atoms with van der Waals surface area (Å²) < 4.78 is 34.1. The van der Waals surface area contributed by atoms with Crippen molar-refractivity contribution in [2.75, 3.05) is 0 Å². The Morgan fingerprint density at radius 1 is 0.923 bits per heavy atom. The monoisotopic (exact) mass is 362 g/mol. The Kier molecular flexibility index (Phi) is 21.7. The molecule has 0 bridgehead atoms. The van der Waals surface area contributed by atoms with Crippen LogP contribution in [0, 0.1) is 0 Å². The summed E-state index contributed by atoms with van der Waals surface area (Å²) in [5, 5.41) is 17.9. The van der Waals surface area contributed by atoms with Crippen molar-refractivity contribution in [3.8, 4) is 0 Å². The van der Waals surface area contributed by atoms with Gasteiger partial charge in [-0.2, -0.15) is 0 Å². The second-order valence-electron chi connectivity index (χ2n) is 0.983. The van der Waals surface area contributed by atoms with Crippen LogP contribution in [-0.2, 0) is 20.0 Å². The van der Waals surface area contributed by atoms with E-state index in [2.05, 4.69) is 0 Å². The molecule has 0 aromatic rings. The van der Waals surface area contributed by atoms with Crippen LogP contribution < -0.4 is 10.2 Å². The first-order valence-electron chi connectivity index (χ1n) is 1.73. The van der Waals surface area contributed by atoms with Gasteiger partial charge in [0, 0.05) is 10.4 Å². The first kappa shape index (κ1) is 24.1. The van der Waals surface area contributed by atoms with Crippen LogP contribution in [0.2, 0.25) is 0 Å². The average Bonchev–Trinajstić information content (AvgIpc) is 1.59. The molecule has 0 unspecified atom stereocenters. The van der Waals surface area contributed by atoms with Crippen LogP contribution in [0.25, 0.3) is 0 Å². The molecule has 0 aliphatic heterocycles. The van der Waals surface area contributed by atoms with E-state index >= 15 is 0 Å². The van der Waals surface area contributed by atoms with Crippen molar-refractivity contribution in [2.45, 2.75) is 0 Å². The van der Waals surface area contributed by atoms with Crippen LogP contribution >= 0.6 is 0 Å². The average molecular weight is 361 g/mol. The molecular weight excluding hydrogens is 361 g/mol. The number of carbonyl (C=O) groups excluding carboxylic acids is 2. The van der Waals surface area contributed by atoms with Crippen LogP contribution in [0.5, 0.6) is 0 Å². The van der Waals surface area contributed by atoms with Crippen LogP contribution in [0.1, 0.15) is 0 Å². The van der Waals surface area contributed by atoms with Gasteiger partial charge in [0.15, 0.2) is 0 Å². The minimum absolute atomic E-state index is 0. The van der Waals surface area contributed by atoms with E-state index in [0.717, 1.165) is 0 Å². The summed E-state index contributed by atoms with van der Waals surface area (Å²) in [6.45, 7) is 0. The first-order valence-corrected chi connectivity index (χ1v) is 3.07. The normalized spacial score (nSPS) is 7.85. The first-order chi connectivity index (χ1) is 4.64. The predicted octanol–water partition coefficient (Wildman–Crippen LogP) is -5.61. The Balaban J connectivity index is -0.0000000546. The van der Waals surface area contributed by atoms with Gasteiger partial charge in [-0.05, 0) is 0 Å². The molecule has 0 aliphatic carbocycles. The fraction of sp³-hybridized carbons (Fsp3) is 0. The Hall–Kier alpha value is 1.64. The van der Waals surface area contributed by atoms with Gasteiger partial charge in [0.25, 0.3) is 0 Å². The van der Waals surface area contributed by atoms with Crippen molar-refractivity contribution in [3.05, 3.63) is 0 Å². The molecule has 0 fully saturated rings. The number of carboxylic acid groups (broad SMARTS) is 2. The summed E-state index contributed by atoms with van der Waals surface area (Å²) >= 11 is 0. The summed E-state index contributed by atoms with van der Waals surface area (Å²) in [7, 11) is -5.17. The molecule has 66 valence electrons. The topological polar surface area (TPSA) is 161 Å². The molecule has 0 amide bonds. The fourth-order valence-electron chi connectivity index (χ4n) is 0. The van der Waals surface area contributed by atoms with E-state index in [1.165, 1.54) is 0 Å². The van der Waals surface area contributed by atoms with Crippen molar-refractivity contribution < 1.29 is 37.3 Å². The Bertz CT molecular complexity index is 225. The maximum atomic E-state index is 8.93. The molecule has 0 aromatic heterocycles. The molecule has 0 radical (unpaired) electrons. The largest absolute Gasteiger partial charge is 2.00 e. The number of hydrogen-bond acceptors (Lipinski definition) is 8. The fourth-order valence-corrected chi connectivity index (χ4v) is 0. The van der Waals surface area contributed by atoms with Gasteiger partial charge in [0.1, 0.15) is 0 Å². The third-order valence-corrected chi connectivity index (χ3v) is 0.167. The second kappa shape index (κ2) is 11.7. The number of carbonyl (C=O) groups is 2. The zero-order valence-electron chi connectivity index (χ0n) is 6.09. The molecule has 0 atom stereocenters. The third-order valence-electron chi connectivity index (χ3n) is 0.167. The van der Waals surface area contributed by atoms with Gasteiger partial charge >= 0.3 is 86.6 Å². The SMILES string of the molecule is O=C([O-])C(=O)[O-].O=S(=O)([O-])[O-].[Ba+2].[Ca+2]. The van der Waals surface area contributed by atoms with E-state index in [1.807, 2.05) is 0 Å². The van der Waals surface area contributed by atoms with Gasteiger partial charge in [-0.25, -0.2) is 0 Å². The van der Waals surface area contributed by atoms with E-state index < -0.39 is 22.3 Å². The summed E-state index contributed by atoms with van der Waals surface area (Å²) in [5.41, 5.74) is 0. The zero-order valence-corrected chi connectivity index (χ0v) is 13.6. The predicted molar refractivity (Wildman–Crippen MR) is 32.0 cm³/mol. The summed E-state index contributed by atoms with van der Waals surface area (Å²) in [6, 6.07) is 0. The number of rotatable bonds is 0. The van der Waals surface area contributed by atoms with Gasteiger partial charge in [-0.3, -0.25) is 8.42 Å². The number of hydrogen-bond donors (Lipinski definition) is 0. The minimum atomic E-state index is -5.17. The van der Waals surface area contributed by atoms with Crippen molar-refractivity contribution in [2.24, 2.45) is 0 Å². The summed E-state index contributed by atoms with van der Waals surface area (Å²) in [6.07, 6.45) is 0. The molecule has 11 heteroatoms. The van der Waals surface area contributed by atoms with Crippen LogP contribution in [0.15, 0.2) is 0 Å². The maximum Gasteiger partial charge on any atom is 2.00 e. The van der Waals surface area contributed by atoms with E-state index in [9.17, 15) is 0 Å². The van der Waals surface area contributed by atoms with Crippen molar-refractivity contribution >= 4 is 109 Å². The summed E-state index contributed by atoms with van der Waals surface area (Å²) in [5.74, 6) is -4.37. The second-order valence-corrected chi connectivity index (χ2v) is 1.80. The molecule has 0 N–H and O–H groups in total. The number of carboxylic acids is 2. The standard InChI is InChI=1S/C2H2O4.Ba.Ca.H2O4S/c3-1(4)2(5)6;;;1-5(2,3)4/h(H,3,4)(H,5,6);;;(H2,1,2,3,4)/q;2*+2;/p-4. The van der Waals surface area contributed by atoms with E-state index in [1.54, 1.807) is 0 Å². The van der Waals surface area contributed by atoms with Crippen LogP contribution in [0.4, 0.5) is 0 Å². The Morgan fingerprint density at radius 2 is 1.00 bits per heavy atom. The van der Waals surface area contributed by atoms with Crippen molar-refractivity contribution in [3.63, 3.8) is 0 Å². The van der Waals surface area contributed by atoms with Gasteiger partial charge in [0.2, 0.25) is 0 Å². The Labute approximate surface area is 143 Å². The molecule has 0 aromatic carbocycles. The molecule has 0 rings (SSSR count). The smallest absolute Gasteiger partial charge is 0.759 e. The van der Waals surface area contributed by atoms with Crippen LogP contribution in [0.3, 0.4) is 0 Å². The van der Waals surface area contributed by atoms with Gasteiger partial charge in [-0.1, -0.05) is 0 Å². The van der Waals surface area contributed by atoms with Crippen molar-refractivity contribution in [1.29, 1.82) is 0 Å². The van der Waals surface area contributed by atoms with Gasteiger partial charge < -0.3 is 28.9 Å². The molecule has 8 nitrogen and oxygen atoms in total. The molecule has 0 heterocycles. The molecule has 0 spiro atoms. The quantitative estimate of drug-likeness (QED) is 0.178. The van der Waals surface area contributed by atoms with E-state index in [-0.39, 0.29) is 86.6 Å². The molecule has 0 saturated heterocycles. The number of aliphatic carboxylic acids is 2. The molecular formula is C2BaCaO8S. The molecule has 13 heavy (non-hydrogen) atoms. The molecule has 0 aliphatic rings. The minimum Gasteiger partial charge on any atom is -0.759 e. The summed E-state index contributed by atoms with van der Waals surface area (Å²) in [4.78, 5) is 17.9. The van der Waals surface area contributed by atoms with Crippen molar-refractivity contribution in [1.82, 2.24) is 0 Å². The van der Waals surface area contributed by atoms with E-state index in [4.69, 9.17) is 37.3 Å². The third kappa shape index (κ3) is 58.1. The maximum absolute atomic E-state index is 8.93. The molecule has 0 saturated carbocycles. The van der Waals surface area contributed by atoms with Gasteiger partial charge in [0.05, 0.1) is 11.9 Å². The van der Waals surface area contributed by atoms with Crippen LogP contribution in [-0.4, -0.2) is 116 Å². The van der Waals surface area contributed by atoms with E-state index in [0.29, 0.717) is 0 Å². The van der Waals surface area contributed by atoms with Gasteiger partial charge in [-0.15, -0.1) is 0 Å².